The van der Waals surface area contributed by atoms with E-state index in [1.54, 1.807) is 12.3 Å². The Labute approximate surface area is 193 Å². The van der Waals surface area contributed by atoms with Crippen LogP contribution in [0.5, 0.6) is 0 Å². The molecule has 0 amide bonds. The fourth-order valence-corrected chi connectivity index (χ4v) is 3.57. The van der Waals surface area contributed by atoms with E-state index in [1.165, 1.54) is 18.5 Å². The molecule has 33 heavy (non-hydrogen) atoms. The van der Waals surface area contributed by atoms with Gasteiger partial charge in [0.05, 0.1) is 22.0 Å². The quantitative estimate of drug-likeness (QED) is 0.362. The summed E-state index contributed by atoms with van der Waals surface area (Å²) >= 11 is 5.82. The second kappa shape index (κ2) is 9.56. The van der Waals surface area contributed by atoms with E-state index in [0.29, 0.717) is 23.6 Å². The van der Waals surface area contributed by atoms with Crippen molar-refractivity contribution in [2.75, 3.05) is 11.9 Å². The van der Waals surface area contributed by atoms with E-state index >= 15 is 0 Å². The number of halogens is 4. The summed E-state index contributed by atoms with van der Waals surface area (Å²) in [5.41, 5.74) is 9.13. The second-order valence-corrected chi connectivity index (χ2v) is 7.71. The summed E-state index contributed by atoms with van der Waals surface area (Å²) in [5.74, 6) is 0.497. The number of pyridine rings is 1. The number of nitrogens with zero attached hydrogens (tertiary/aromatic N) is 3. The first-order valence-electron chi connectivity index (χ1n) is 10.0. The lowest BCUT2D eigenvalue weighted by Crippen LogP contribution is -2.21. The molecule has 0 saturated carbocycles. The molecule has 0 spiro atoms. The fraction of sp³-hybridized carbons (Fsp3) is 0.125. The number of nitrogens with one attached hydrogen (secondary N) is 1. The van der Waals surface area contributed by atoms with Gasteiger partial charge in [0.2, 0.25) is 0 Å². The molecule has 2 aromatic heterocycles. The molecular weight excluding hydrogens is 451 g/mol. The number of alkyl halides is 3. The highest BCUT2D eigenvalue weighted by Gasteiger charge is 2.33. The second-order valence-electron chi connectivity index (χ2n) is 7.31. The van der Waals surface area contributed by atoms with Crippen LogP contribution in [0.15, 0.2) is 79.3 Å². The van der Waals surface area contributed by atoms with Crippen LogP contribution >= 0.6 is 11.6 Å². The SMILES string of the molecule is N[C@@H](CNc1cc(-c2ccc(C(F)(F)F)c(Cl)c2)ncn1)c1ccc(-c2ccccn2)cc1. The summed E-state index contributed by atoms with van der Waals surface area (Å²) in [7, 11) is 0. The zero-order valence-corrected chi connectivity index (χ0v) is 18.0. The lowest BCUT2D eigenvalue weighted by Gasteiger charge is -2.15. The maximum Gasteiger partial charge on any atom is 0.417 e. The van der Waals surface area contributed by atoms with Gasteiger partial charge in [0.15, 0.2) is 0 Å². The maximum absolute atomic E-state index is 12.9. The van der Waals surface area contributed by atoms with Crippen LogP contribution in [0.3, 0.4) is 0 Å². The number of nitrogens with two attached hydrogens (primary N) is 1. The van der Waals surface area contributed by atoms with Gasteiger partial charge in [-0.25, -0.2) is 9.97 Å². The number of benzene rings is 2. The monoisotopic (exact) mass is 469 g/mol. The van der Waals surface area contributed by atoms with Gasteiger partial charge in [-0.05, 0) is 29.8 Å². The highest BCUT2D eigenvalue weighted by atomic mass is 35.5. The van der Waals surface area contributed by atoms with Crippen molar-refractivity contribution in [2.45, 2.75) is 12.2 Å². The number of hydrogen-bond acceptors (Lipinski definition) is 5. The lowest BCUT2D eigenvalue weighted by atomic mass is 10.0. The van der Waals surface area contributed by atoms with E-state index in [-0.39, 0.29) is 11.1 Å². The van der Waals surface area contributed by atoms with Crippen molar-refractivity contribution >= 4 is 17.4 Å². The Bertz CT molecular complexity index is 1230. The highest BCUT2D eigenvalue weighted by Crippen LogP contribution is 2.36. The number of anilines is 1. The third kappa shape index (κ3) is 5.47. The Balaban J connectivity index is 1.43. The molecule has 0 aliphatic heterocycles. The summed E-state index contributed by atoms with van der Waals surface area (Å²) in [5, 5.41) is 2.76. The zero-order valence-electron chi connectivity index (χ0n) is 17.2. The molecule has 5 nitrogen and oxygen atoms in total. The van der Waals surface area contributed by atoms with Crippen molar-refractivity contribution in [3.05, 3.63) is 95.4 Å². The molecule has 2 heterocycles. The average molecular weight is 470 g/mol. The van der Waals surface area contributed by atoms with Crippen LogP contribution in [0, 0.1) is 0 Å². The van der Waals surface area contributed by atoms with E-state index in [2.05, 4.69) is 20.3 Å². The largest absolute Gasteiger partial charge is 0.417 e. The first kappa shape index (κ1) is 22.7. The number of rotatable bonds is 6. The van der Waals surface area contributed by atoms with E-state index in [1.807, 2.05) is 42.5 Å². The van der Waals surface area contributed by atoms with E-state index < -0.39 is 11.7 Å². The van der Waals surface area contributed by atoms with Gasteiger partial charge in [-0.2, -0.15) is 13.2 Å². The molecule has 4 rings (SSSR count). The molecule has 0 aliphatic carbocycles. The Hall–Kier alpha value is -3.49. The van der Waals surface area contributed by atoms with Crippen molar-refractivity contribution in [3.63, 3.8) is 0 Å². The normalized spacial score (nSPS) is 12.4. The topological polar surface area (TPSA) is 76.7 Å². The minimum Gasteiger partial charge on any atom is -0.368 e. The van der Waals surface area contributed by atoms with E-state index in [0.717, 1.165) is 22.9 Å². The molecule has 9 heteroatoms. The van der Waals surface area contributed by atoms with E-state index in [4.69, 9.17) is 17.3 Å². The van der Waals surface area contributed by atoms with Crippen molar-refractivity contribution in [1.29, 1.82) is 0 Å². The minimum atomic E-state index is -4.51. The summed E-state index contributed by atoms with van der Waals surface area (Å²) in [6.07, 6.45) is -1.44. The van der Waals surface area contributed by atoms with Gasteiger partial charge in [-0.15, -0.1) is 0 Å². The fourth-order valence-electron chi connectivity index (χ4n) is 3.28. The van der Waals surface area contributed by atoms with Crippen LogP contribution in [0.4, 0.5) is 19.0 Å². The Morgan fingerprint density at radius 3 is 2.30 bits per heavy atom. The van der Waals surface area contributed by atoms with Gasteiger partial charge in [-0.1, -0.05) is 48.0 Å². The summed E-state index contributed by atoms with van der Waals surface area (Å²) < 4.78 is 38.8. The predicted octanol–water partition coefficient (Wildman–Crippen LogP) is 5.99. The molecule has 168 valence electrons. The lowest BCUT2D eigenvalue weighted by molar-refractivity contribution is -0.137. The number of hydrogen-bond donors (Lipinski definition) is 2. The molecule has 0 unspecified atom stereocenters. The molecule has 2 aromatic carbocycles. The molecule has 0 bridgehead atoms. The third-order valence-corrected chi connectivity index (χ3v) is 5.35. The molecule has 3 N–H and O–H groups in total. The molecular formula is C24H19ClF3N5. The molecule has 0 saturated heterocycles. The van der Waals surface area contributed by atoms with Gasteiger partial charge in [0.25, 0.3) is 0 Å². The van der Waals surface area contributed by atoms with Crippen molar-refractivity contribution in [3.8, 4) is 22.5 Å². The van der Waals surface area contributed by atoms with Crippen molar-refractivity contribution < 1.29 is 13.2 Å². The van der Waals surface area contributed by atoms with Crippen LogP contribution in [0.2, 0.25) is 5.02 Å². The first-order chi connectivity index (χ1) is 15.8. The molecule has 0 fully saturated rings. The van der Waals surface area contributed by atoms with Crippen LogP contribution in [-0.4, -0.2) is 21.5 Å². The van der Waals surface area contributed by atoms with Crippen LogP contribution < -0.4 is 11.1 Å². The maximum atomic E-state index is 12.9. The summed E-state index contributed by atoms with van der Waals surface area (Å²) in [4.78, 5) is 12.6. The van der Waals surface area contributed by atoms with Crippen LogP contribution in [-0.2, 0) is 6.18 Å². The molecule has 1 atom stereocenters. The van der Waals surface area contributed by atoms with Gasteiger partial charge >= 0.3 is 6.18 Å². The van der Waals surface area contributed by atoms with Gasteiger partial charge in [0.1, 0.15) is 12.1 Å². The molecule has 4 aromatic rings. The Morgan fingerprint density at radius 1 is 0.879 bits per heavy atom. The van der Waals surface area contributed by atoms with Gasteiger partial charge in [0, 0.05) is 36.0 Å². The summed E-state index contributed by atoms with van der Waals surface area (Å²) in [6.45, 7) is 0.396. The number of aromatic nitrogens is 3. The van der Waals surface area contributed by atoms with E-state index in [9.17, 15) is 13.2 Å². The first-order valence-corrected chi connectivity index (χ1v) is 10.4. The predicted molar refractivity (Wildman–Crippen MR) is 123 cm³/mol. The molecule has 0 aliphatic rings. The summed E-state index contributed by atoms with van der Waals surface area (Å²) in [6, 6.07) is 18.4. The zero-order chi connectivity index (χ0) is 23.4. The van der Waals surface area contributed by atoms with Crippen LogP contribution in [0.25, 0.3) is 22.5 Å². The van der Waals surface area contributed by atoms with Gasteiger partial charge in [-0.3, -0.25) is 4.98 Å². The highest BCUT2D eigenvalue weighted by molar-refractivity contribution is 6.31. The Morgan fingerprint density at radius 2 is 1.64 bits per heavy atom. The Kier molecular flexibility index (Phi) is 6.57. The average Bonchev–Trinajstić information content (AvgIpc) is 2.82. The smallest absolute Gasteiger partial charge is 0.368 e. The third-order valence-electron chi connectivity index (χ3n) is 5.04. The standard InChI is InChI=1S/C24H19ClF3N5/c25-19-11-17(8-9-18(19)24(26,27)28)22-12-23(33-14-32-22)31-13-20(29)15-4-6-16(7-5-15)21-3-1-2-10-30-21/h1-12,14,20H,13,29H2,(H,31,32,33)/t20-/m0/s1. The molecule has 0 radical (unpaired) electrons. The van der Waals surface area contributed by atoms with Crippen molar-refractivity contribution in [2.24, 2.45) is 5.73 Å². The van der Waals surface area contributed by atoms with Crippen molar-refractivity contribution in [1.82, 2.24) is 15.0 Å². The van der Waals surface area contributed by atoms with Gasteiger partial charge < -0.3 is 11.1 Å². The minimum absolute atomic E-state index is 0.304. The van der Waals surface area contributed by atoms with Crippen LogP contribution in [0.1, 0.15) is 17.2 Å².